The molecule has 2 nitrogen and oxygen atoms in total. The summed E-state index contributed by atoms with van der Waals surface area (Å²) in [6, 6.07) is 6.70. The zero-order chi connectivity index (χ0) is 15.6. The lowest BCUT2D eigenvalue weighted by atomic mass is 9.96. The van der Waals surface area contributed by atoms with E-state index < -0.39 is 18.8 Å². The number of nitrogens with two attached hydrogens (primary N) is 1. The maximum atomic E-state index is 12.9. The average Bonchev–Trinajstić information content (AvgIpc) is 3.20. The summed E-state index contributed by atoms with van der Waals surface area (Å²) in [6.45, 7) is 1.01. The Balaban J connectivity index is 2.33. The first-order valence-corrected chi connectivity index (χ1v) is 7.94. The van der Waals surface area contributed by atoms with Gasteiger partial charge in [-0.2, -0.15) is 13.2 Å². The second-order valence-electron chi connectivity index (χ2n) is 5.59. The number of hydrogen-bond acceptors (Lipinski definition) is 2. The van der Waals surface area contributed by atoms with E-state index in [4.69, 9.17) is 5.73 Å². The predicted molar refractivity (Wildman–Crippen MR) is 80.9 cm³/mol. The molecule has 1 aliphatic carbocycles. The topological polar surface area (TPSA) is 29.3 Å². The van der Waals surface area contributed by atoms with Crippen molar-refractivity contribution in [2.75, 3.05) is 6.54 Å². The third-order valence-electron chi connectivity index (χ3n) is 3.80. The van der Waals surface area contributed by atoms with Crippen molar-refractivity contribution in [3.63, 3.8) is 0 Å². The van der Waals surface area contributed by atoms with Gasteiger partial charge >= 0.3 is 6.18 Å². The lowest BCUT2D eigenvalue weighted by Crippen LogP contribution is -2.46. The van der Waals surface area contributed by atoms with Gasteiger partial charge in [-0.3, -0.25) is 4.90 Å². The van der Waals surface area contributed by atoms with Crippen molar-refractivity contribution >= 4 is 15.9 Å². The first-order valence-electron chi connectivity index (χ1n) is 7.15. The number of halogens is 4. The van der Waals surface area contributed by atoms with E-state index >= 15 is 0 Å². The Hall–Kier alpha value is -0.590. The molecule has 0 heterocycles. The van der Waals surface area contributed by atoms with Gasteiger partial charge in [-0.25, -0.2) is 0 Å². The van der Waals surface area contributed by atoms with Crippen LogP contribution in [0.5, 0.6) is 0 Å². The molecule has 1 aliphatic rings. The van der Waals surface area contributed by atoms with Gasteiger partial charge < -0.3 is 5.73 Å². The fourth-order valence-electron chi connectivity index (χ4n) is 2.67. The molecule has 2 atom stereocenters. The van der Waals surface area contributed by atoms with E-state index in [1.54, 1.807) is 0 Å². The van der Waals surface area contributed by atoms with Crippen LogP contribution < -0.4 is 5.73 Å². The summed E-state index contributed by atoms with van der Waals surface area (Å²) in [5.41, 5.74) is 7.00. The molecule has 2 rings (SSSR count). The average molecular weight is 365 g/mol. The molecule has 6 heteroatoms. The minimum atomic E-state index is -4.21. The Morgan fingerprint density at radius 2 is 2.05 bits per heavy atom. The van der Waals surface area contributed by atoms with Crippen molar-refractivity contribution in [2.45, 2.75) is 50.5 Å². The number of benzene rings is 1. The van der Waals surface area contributed by atoms with Crippen molar-refractivity contribution in [3.05, 3.63) is 34.3 Å². The van der Waals surface area contributed by atoms with Gasteiger partial charge in [0, 0.05) is 16.6 Å². The molecule has 118 valence electrons. The highest BCUT2D eigenvalue weighted by Crippen LogP contribution is 2.39. The lowest BCUT2D eigenvalue weighted by molar-refractivity contribution is -0.153. The molecule has 1 fully saturated rings. The zero-order valence-corrected chi connectivity index (χ0v) is 13.5. The third kappa shape index (κ3) is 4.69. The molecule has 1 aromatic rings. The van der Waals surface area contributed by atoms with E-state index in [0.717, 1.165) is 22.9 Å². The molecule has 0 amide bonds. The Morgan fingerprint density at radius 3 is 2.52 bits per heavy atom. The van der Waals surface area contributed by atoms with Crippen molar-refractivity contribution < 1.29 is 13.2 Å². The van der Waals surface area contributed by atoms with E-state index in [-0.39, 0.29) is 12.1 Å². The Kier molecular flexibility index (Phi) is 5.33. The molecule has 0 aliphatic heterocycles. The van der Waals surface area contributed by atoms with Gasteiger partial charge in [0.2, 0.25) is 0 Å². The quantitative estimate of drug-likeness (QED) is 0.817. The first-order chi connectivity index (χ1) is 9.81. The van der Waals surface area contributed by atoms with Crippen LogP contribution in [0.1, 0.15) is 37.8 Å². The fourth-order valence-corrected chi connectivity index (χ4v) is 3.08. The molecule has 0 spiro atoms. The van der Waals surface area contributed by atoms with Gasteiger partial charge in [-0.15, -0.1) is 0 Å². The SMILES string of the molecule is CCC(N)C(c1cccc(Br)c1)N(CC(F)(F)F)C1CC1. The Labute approximate surface area is 131 Å². The van der Waals surface area contributed by atoms with Gasteiger partial charge in [0.1, 0.15) is 0 Å². The standard InChI is InChI=1S/C15H20BrF3N2/c1-2-13(20)14(10-4-3-5-11(16)8-10)21(12-6-7-12)9-15(17,18)19/h3-5,8,12-14H,2,6-7,9,20H2,1H3. The van der Waals surface area contributed by atoms with Crippen LogP contribution in [-0.2, 0) is 0 Å². The van der Waals surface area contributed by atoms with Crippen molar-refractivity contribution in [1.82, 2.24) is 4.90 Å². The zero-order valence-electron chi connectivity index (χ0n) is 11.9. The van der Waals surface area contributed by atoms with Gasteiger partial charge in [0.25, 0.3) is 0 Å². The van der Waals surface area contributed by atoms with Gasteiger partial charge in [-0.05, 0) is 37.0 Å². The summed E-state index contributed by atoms with van der Waals surface area (Å²) in [5.74, 6) is 0. The summed E-state index contributed by atoms with van der Waals surface area (Å²) >= 11 is 3.38. The smallest absolute Gasteiger partial charge is 0.326 e. The normalized spacial score (nSPS) is 18.8. The maximum Gasteiger partial charge on any atom is 0.401 e. The number of hydrogen-bond donors (Lipinski definition) is 1. The summed E-state index contributed by atoms with van der Waals surface area (Å²) in [7, 11) is 0. The molecule has 2 N–H and O–H groups in total. The molecule has 2 unspecified atom stereocenters. The first kappa shape index (κ1) is 16.8. The number of nitrogens with zero attached hydrogens (tertiary/aromatic N) is 1. The van der Waals surface area contributed by atoms with Crippen LogP contribution in [0.2, 0.25) is 0 Å². The van der Waals surface area contributed by atoms with Gasteiger partial charge in [0.15, 0.2) is 0 Å². The van der Waals surface area contributed by atoms with Crippen LogP contribution in [0, 0.1) is 0 Å². The number of alkyl halides is 3. The molecule has 1 saturated carbocycles. The largest absolute Gasteiger partial charge is 0.401 e. The van der Waals surface area contributed by atoms with Crippen molar-refractivity contribution in [3.8, 4) is 0 Å². The summed E-state index contributed by atoms with van der Waals surface area (Å²) in [5, 5.41) is 0. The van der Waals surface area contributed by atoms with E-state index in [0.29, 0.717) is 6.42 Å². The highest BCUT2D eigenvalue weighted by molar-refractivity contribution is 9.10. The molecule has 0 bridgehead atoms. The van der Waals surface area contributed by atoms with Crippen molar-refractivity contribution in [2.24, 2.45) is 5.73 Å². The molecular weight excluding hydrogens is 345 g/mol. The molecular formula is C15H20BrF3N2. The van der Waals surface area contributed by atoms with Gasteiger partial charge in [0.05, 0.1) is 12.6 Å². The molecule has 21 heavy (non-hydrogen) atoms. The highest BCUT2D eigenvalue weighted by Gasteiger charge is 2.43. The fraction of sp³-hybridized carbons (Fsp3) is 0.600. The predicted octanol–water partition coefficient (Wildman–Crippen LogP) is 4.25. The van der Waals surface area contributed by atoms with Crippen LogP contribution in [0.4, 0.5) is 13.2 Å². The molecule has 1 aromatic carbocycles. The summed E-state index contributed by atoms with van der Waals surface area (Å²) in [6.07, 6.45) is -1.94. The molecule has 0 aromatic heterocycles. The van der Waals surface area contributed by atoms with Crippen LogP contribution in [-0.4, -0.2) is 29.7 Å². The minimum Gasteiger partial charge on any atom is -0.326 e. The van der Waals surface area contributed by atoms with E-state index in [9.17, 15) is 13.2 Å². The van der Waals surface area contributed by atoms with E-state index in [1.807, 2.05) is 31.2 Å². The monoisotopic (exact) mass is 364 g/mol. The minimum absolute atomic E-state index is 0.00629. The van der Waals surface area contributed by atoms with Crippen LogP contribution in [0.3, 0.4) is 0 Å². The van der Waals surface area contributed by atoms with Crippen LogP contribution in [0.25, 0.3) is 0 Å². The van der Waals surface area contributed by atoms with Crippen LogP contribution in [0.15, 0.2) is 28.7 Å². The third-order valence-corrected chi connectivity index (χ3v) is 4.30. The second-order valence-corrected chi connectivity index (χ2v) is 6.51. The summed E-state index contributed by atoms with van der Waals surface area (Å²) < 4.78 is 39.6. The maximum absolute atomic E-state index is 12.9. The van der Waals surface area contributed by atoms with Crippen LogP contribution >= 0.6 is 15.9 Å². The highest BCUT2D eigenvalue weighted by atomic mass is 79.9. The lowest BCUT2D eigenvalue weighted by Gasteiger charge is -2.36. The Bertz CT molecular complexity index is 474. The van der Waals surface area contributed by atoms with Gasteiger partial charge in [-0.1, -0.05) is 35.0 Å². The van der Waals surface area contributed by atoms with E-state index in [2.05, 4.69) is 15.9 Å². The molecule has 0 radical (unpaired) electrons. The summed E-state index contributed by atoms with van der Waals surface area (Å²) in [4.78, 5) is 1.54. The van der Waals surface area contributed by atoms with Crippen molar-refractivity contribution in [1.29, 1.82) is 0 Å². The number of rotatable bonds is 6. The van der Waals surface area contributed by atoms with E-state index in [1.165, 1.54) is 4.90 Å². The second kappa shape index (κ2) is 6.67. The Morgan fingerprint density at radius 1 is 1.38 bits per heavy atom. The molecule has 0 saturated heterocycles.